The van der Waals surface area contributed by atoms with Crippen molar-refractivity contribution in [1.82, 2.24) is 5.32 Å². The number of hydrogen-bond acceptors (Lipinski definition) is 2. The predicted octanol–water partition coefficient (Wildman–Crippen LogP) is 2.47. The molecule has 0 bridgehead atoms. The van der Waals surface area contributed by atoms with Crippen LogP contribution in [0.15, 0.2) is 24.3 Å². The molecular formula is C13H19NO. The maximum Gasteiger partial charge on any atom is 0.115 e. The van der Waals surface area contributed by atoms with Gasteiger partial charge in [-0.2, -0.15) is 0 Å². The zero-order valence-corrected chi connectivity index (χ0v) is 9.08. The Morgan fingerprint density at radius 3 is 2.67 bits per heavy atom. The Bertz CT molecular complexity index is 288. The van der Waals surface area contributed by atoms with E-state index < -0.39 is 0 Å². The van der Waals surface area contributed by atoms with Crippen LogP contribution in [0.25, 0.3) is 0 Å². The van der Waals surface area contributed by atoms with Crippen molar-refractivity contribution in [3.8, 4) is 5.75 Å². The maximum atomic E-state index is 9.16. The van der Waals surface area contributed by atoms with Crippen molar-refractivity contribution in [3.63, 3.8) is 0 Å². The first kappa shape index (κ1) is 10.5. The van der Waals surface area contributed by atoms with Gasteiger partial charge in [0.05, 0.1) is 0 Å². The Balaban J connectivity index is 1.79. The van der Waals surface area contributed by atoms with Gasteiger partial charge in [-0.1, -0.05) is 18.6 Å². The molecule has 0 aliphatic carbocycles. The topological polar surface area (TPSA) is 32.3 Å². The number of aryl methyl sites for hydroxylation is 1. The van der Waals surface area contributed by atoms with Crippen molar-refractivity contribution in [1.29, 1.82) is 0 Å². The molecule has 2 rings (SSSR count). The molecule has 0 amide bonds. The van der Waals surface area contributed by atoms with Gasteiger partial charge in [-0.05, 0) is 49.9 Å². The van der Waals surface area contributed by atoms with Crippen LogP contribution in [0, 0.1) is 0 Å². The molecule has 1 aromatic rings. The minimum atomic E-state index is 0.356. The van der Waals surface area contributed by atoms with E-state index in [-0.39, 0.29) is 0 Å². The normalized spacial score (nSPS) is 21.5. The number of piperidine rings is 1. The number of rotatable bonds is 3. The third kappa shape index (κ3) is 3.24. The molecule has 2 nitrogen and oxygen atoms in total. The van der Waals surface area contributed by atoms with Crippen molar-refractivity contribution >= 4 is 0 Å². The summed E-state index contributed by atoms with van der Waals surface area (Å²) in [6.45, 7) is 1.18. The SMILES string of the molecule is Oc1ccc(CC[C@H]2CCCCN2)cc1. The summed E-state index contributed by atoms with van der Waals surface area (Å²) in [7, 11) is 0. The van der Waals surface area contributed by atoms with Crippen LogP contribution in [0.2, 0.25) is 0 Å². The molecule has 0 spiro atoms. The van der Waals surface area contributed by atoms with Crippen molar-refractivity contribution in [3.05, 3.63) is 29.8 Å². The number of phenolic OH excluding ortho intramolecular Hbond substituents is 1. The van der Waals surface area contributed by atoms with E-state index in [9.17, 15) is 0 Å². The van der Waals surface area contributed by atoms with E-state index in [1.165, 1.54) is 37.8 Å². The van der Waals surface area contributed by atoms with E-state index in [1.54, 1.807) is 12.1 Å². The van der Waals surface area contributed by atoms with Crippen LogP contribution in [0.1, 0.15) is 31.2 Å². The molecule has 2 N–H and O–H groups in total. The molecule has 1 aliphatic rings. The lowest BCUT2D eigenvalue weighted by atomic mass is 9.98. The smallest absolute Gasteiger partial charge is 0.115 e. The van der Waals surface area contributed by atoms with Crippen molar-refractivity contribution in [2.75, 3.05) is 6.54 Å². The van der Waals surface area contributed by atoms with Gasteiger partial charge < -0.3 is 10.4 Å². The lowest BCUT2D eigenvalue weighted by Gasteiger charge is -2.23. The van der Waals surface area contributed by atoms with Gasteiger partial charge >= 0.3 is 0 Å². The van der Waals surface area contributed by atoms with Crippen LogP contribution in [0.5, 0.6) is 5.75 Å². The van der Waals surface area contributed by atoms with Crippen molar-refractivity contribution in [2.45, 2.75) is 38.1 Å². The van der Waals surface area contributed by atoms with Gasteiger partial charge in [0.25, 0.3) is 0 Å². The summed E-state index contributed by atoms with van der Waals surface area (Å²) in [6, 6.07) is 8.26. The van der Waals surface area contributed by atoms with Gasteiger partial charge in [0.1, 0.15) is 5.75 Å². The lowest BCUT2D eigenvalue weighted by molar-refractivity contribution is 0.383. The number of benzene rings is 1. The monoisotopic (exact) mass is 205 g/mol. The summed E-state index contributed by atoms with van der Waals surface area (Å²) in [5, 5.41) is 12.7. The highest BCUT2D eigenvalue weighted by Gasteiger charge is 2.11. The first-order valence-electron chi connectivity index (χ1n) is 5.86. The quantitative estimate of drug-likeness (QED) is 0.794. The van der Waals surface area contributed by atoms with Crippen LogP contribution in [-0.4, -0.2) is 17.7 Å². The van der Waals surface area contributed by atoms with E-state index in [4.69, 9.17) is 5.11 Å². The minimum absolute atomic E-state index is 0.356. The second-order valence-corrected chi connectivity index (χ2v) is 4.35. The van der Waals surface area contributed by atoms with E-state index in [2.05, 4.69) is 5.32 Å². The summed E-state index contributed by atoms with van der Waals surface area (Å²) < 4.78 is 0. The first-order chi connectivity index (χ1) is 7.34. The number of nitrogens with one attached hydrogen (secondary N) is 1. The van der Waals surface area contributed by atoms with Gasteiger partial charge in [-0.15, -0.1) is 0 Å². The molecule has 2 heteroatoms. The molecule has 82 valence electrons. The highest BCUT2D eigenvalue weighted by atomic mass is 16.3. The molecule has 1 aromatic carbocycles. The van der Waals surface area contributed by atoms with Crippen LogP contribution >= 0.6 is 0 Å². The molecule has 1 aliphatic heterocycles. The van der Waals surface area contributed by atoms with Gasteiger partial charge in [-0.3, -0.25) is 0 Å². The first-order valence-corrected chi connectivity index (χ1v) is 5.86. The Hall–Kier alpha value is -1.02. The fraction of sp³-hybridized carbons (Fsp3) is 0.538. The summed E-state index contributed by atoms with van der Waals surface area (Å²) in [4.78, 5) is 0. The summed E-state index contributed by atoms with van der Waals surface area (Å²) in [5.41, 5.74) is 1.32. The molecule has 0 unspecified atom stereocenters. The van der Waals surface area contributed by atoms with E-state index in [1.807, 2.05) is 12.1 Å². The minimum Gasteiger partial charge on any atom is -0.508 e. The predicted molar refractivity (Wildman–Crippen MR) is 62.1 cm³/mol. The van der Waals surface area contributed by atoms with E-state index in [0.717, 1.165) is 6.42 Å². The molecule has 1 heterocycles. The Morgan fingerprint density at radius 2 is 2.00 bits per heavy atom. The van der Waals surface area contributed by atoms with Crippen molar-refractivity contribution in [2.24, 2.45) is 0 Å². The number of phenols is 1. The highest BCUT2D eigenvalue weighted by Crippen LogP contribution is 2.15. The average Bonchev–Trinajstić information content (AvgIpc) is 2.30. The Kier molecular flexibility index (Phi) is 3.62. The second kappa shape index (κ2) is 5.17. The molecule has 0 aromatic heterocycles. The third-order valence-corrected chi connectivity index (χ3v) is 3.13. The summed E-state index contributed by atoms with van der Waals surface area (Å²) in [6.07, 6.45) is 6.34. The molecule has 0 radical (unpaired) electrons. The third-order valence-electron chi connectivity index (χ3n) is 3.13. The van der Waals surface area contributed by atoms with Crippen LogP contribution in [0.3, 0.4) is 0 Å². The molecule has 1 atom stereocenters. The second-order valence-electron chi connectivity index (χ2n) is 4.35. The molecule has 1 saturated heterocycles. The van der Waals surface area contributed by atoms with Gasteiger partial charge in [0, 0.05) is 6.04 Å². The van der Waals surface area contributed by atoms with E-state index in [0.29, 0.717) is 11.8 Å². The standard InChI is InChI=1S/C13H19NO/c15-13-8-5-11(6-9-13)4-7-12-3-1-2-10-14-12/h5-6,8-9,12,14-15H,1-4,7,10H2/t12-/m1/s1. The van der Waals surface area contributed by atoms with Crippen LogP contribution in [-0.2, 0) is 6.42 Å². The zero-order chi connectivity index (χ0) is 10.5. The number of hydrogen-bond donors (Lipinski definition) is 2. The largest absolute Gasteiger partial charge is 0.508 e. The fourth-order valence-electron chi connectivity index (χ4n) is 2.17. The van der Waals surface area contributed by atoms with E-state index >= 15 is 0 Å². The number of aromatic hydroxyl groups is 1. The van der Waals surface area contributed by atoms with Gasteiger partial charge in [-0.25, -0.2) is 0 Å². The maximum absolute atomic E-state index is 9.16. The molecule has 1 fully saturated rings. The molecule has 0 saturated carbocycles. The Morgan fingerprint density at radius 1 is 1.20 bits per heavy atom. The average molecular weight is 205 g/mol. The molecule has 15 heavy (non-hydrogen) atoms. The highest BCUT2D eigenvalue weighted by molar-refractivity contribution is 5.25. The zero-order valence-electron chi connectivity index (χ0n) is 9.08. The van der Waals surface area contributed by atoms with Crippen LogP contribution in [0.4, 0.5) is 0 Å². The Labute approximate surface area is 91.3 Å². The summed E-state index contributed by atoms with van der Waals surface area (Å²) in [5.74, 6) is 0.356. The lowest BCUT2D eigenvalue weighted by Crippen LogP contribution is -2.34. The van der Waals surface area contributed by atoms with Crippen LogP contribution < -0.4 is 5.32 Å². The summed E-state index contributed by atoms with van der Waals surface area (Å²) >= 11 is 0. The fourth-order valence-corrected chi connectivity index (χ4v) is 2.17. The van der Waals surface area contributed by atoms with Gasteiger partial charge in [0.15, 0.2) is 0 Å². The molecular weight excluding hydrogens is 186 g/mol. The van der Waals surface area contributed by atoms with Crippen molar-refractivity contribution < 1.29 is 5.11 Å². The van der Waals surface area contributed by atoms with Gasteiger partial charge in [0.2, 0.25) is 0 Å².